The number of benzene rings is 1. The van der Waals surface area contributed by atoms with Crippen LogP contribution in [0.1, 0.15) is 60.8 Å². The Hall–Kier alpha value is -1.88. The largest absolute Gasteiger partial charge is 0.439 e. The molecule has 2 aliphatic rings. The Morgan fingerprint density at radius 3 is 2.95 bits per heavy atom. The van der Waals surface area contributed by atoms with Gasteiger partial charge in [0, 0.05) is 6.04 Å². The lowest BCUT2D eigenvalue weighted by atomic mass is 9.89. The first kappa shape index (κ1) is 13.8. The third-order valence-corrected chi connectivity index (χ3v) is 5.07. The summed E-state index contributed by atoms with van der Waals surface area (Å²) in [5.41, 5.74) is 7.14. The minimum atomic E-state index is -0.454. The Kier molecular flexibility index (Phi) is 3.37. The lowest BCUT2D eigenvalue weighted by molar-refractivity contribution is 0.0392. The van der Waals surface area contributed by atoms with Crippen molar-refractivity contribution in [1.29, 1.82) is 0 Å². The summed E-state index contributed by atoms with van der Waals surface area (Å²) in [5.74, 6) is 0.292. The number of carbonyl (C=O) groups is 1. The Morgan fingerprint density at radius 1 is 1.23 bits per heavy atom. The highest BCUT2D eigenvalue weighted by atomic mass is 16.3. The number of carbonyl (C=O) groups excluding carboxylic acids is 1. The molecule has 2 fully saturated rings. The number of para-hydroxylation sites is 1. The summed E-state index contributed by atoms with van der Waals surface area (Å²) in [7, 11) is 0. The van der Waals surface area contributed by atoms with Gasteiger partial charge in [-0.3, -0.25) is 9.69 Å². The second-order valence-corrected chi connectivity index (χ2v) is 6.40. The summed E-state index contributed by atoms with van der Waals surface area (Å²) in [6, 6.07) is 6.27. The van der Waals surface area contributed by atoms with E-state index in [9.17, 15) is 4.79 Å². The lowest BCUT2D eigenvalue weighted by Crippen LogP contribution is -2.44. The average Bonchev–Trinajstić information content (AvgIpc) is 2.97. The molecular formula is C17H21N3O2. The highest BCUT2D eigenvalue weighted by Crippen LogP contribution is 2.39. The van der Waals surface area contributed by atoms with Crippen molar-refractivity contribution in [2.75, 3.05) is 6.54 Å². The van der Waals surface area contributed by atoms with E-state index in [1.165, 1.54) is 32.1 Å². The number of hydrogen-bond donors (Lipinski definition) is 1. The van der Waals surface area contributed by atoms with E-state index in [0.29, 0.717) is 22.7 Å². The SMILES string of the molecule is NC(=O)c1cccc2oc(C3CCCC4CCCCN43)nc12. The molecule has 2 N–H and O–H groups in total. The summed E-state index contributed by atoms with van der Waals surface area (Å²) < 4.78 is 5.99. The maximum absolute atomic E-state index is 11.6. The van der Waals surface area contributed by atoms with Crippen LogP contribution in [0.5, 0.6) is 0 Å². The van der Waals surface area contributed by atoms with Gasteiger partial charge in [-0.1, -0.05) is 12.5 Å². The smallest absolute Gasteiger partial charge is 0.251 e. The molecule has 2 aromatic rings. The van der Waals surface area contributed by atoms with Gasteiger partial charge in [0.2, 0.25) is 5.89 Å². The topological polar surface area (TPSA) is 72.4 Å². The van der Waals surface area contributed by atoms with Crippen LogP contribution in [-0.4, -0.2) is 28.4 Å². The Labute approximate surface area is 129 Å². The molecule has 5 heteroatoms. The van der Waals surface area contributed by atoms with Crippen molar-refractivity contribution < 1.29 is 9.21 Å². The molecule has 2 aliphatic heterocycles. The minimum absolute atomic E-state index is 0.243. The second-order valence-electron chi connectivity index (χ2n) is 6.40. The number of primary amides is 1. The van der Waals surface area contributed by atoms with Crippen molar-refractivity contribution in [2.24, 2.45) is 5.73 Å². The Balaban J connectivity index is 1.74. The first-order valence-electron chi connectivity index (χ1n) is 8.19. The molecule has 0 spiro atoms. The van der Waals surface area contributed by atoms with Crippen LogP contribution in [0.4, 0.5) is 0 Å². The summed E-state index contributed by atoms with van der Waals surface area (Å²) in [5, 5.41) is 0. The fourth-order valence-corrected chi connectivity index (χ4v) is 4.03. The molecule has 22 heavy (non-hydrogen) atoms. The van der Waals surface area contributed by atoms with E-state index in [1.54, 1.807) is 12.1 Å². The molecule has 0 radical (unpaired) electrons. The molecule has 5 nitrogen and oxygen atoms in total. The molecule has 0 bridgehead atoms. The van der Waals surface area contributed by atoms with E-state index in [0.717, 1.165) is 18.9 Å². The molecule has 4 rings (SSSR count). The number of rotatable bonds is 2. The number of nitrogens with zero attached hydrogens (tertiary/aromatic N) is 2. The van der Waals surface area contributed by atoms with Crippen LogP contribution in [0.15, 0.2) is 22.6 Å². The molecule has 2 atom stereocenters. The zero-order valence-electron chi connectivity index (χ0n) is 12.6. The van der Waals surface area contributed by atoms with Crippen molar-refractivity contribution in [3.8, 4) is 0 Å². The summed E-state index contributed by atoms with van der Waals surface area (Å²) in [6.45, 7) is 1.12. The van der Waals surface area contributed by atoms with Crippen molar-refractivity contribution in [2.45, 2.75) is 50.6 Å². The maximum Gasteiger partial charge on any atom is 0.251 e. The first-order valence-corrected chi connectivity index (χ1v) is 8.19. The van der Waals surface area contributed by atoms with Gasteiger partial charge >= 0.3 is 0 Å². The molecular weight excluding hydrogens is 278 g/mol. The van der Waals surface area contributed by atoms with Crippen molar-refractivity contribution in [1.82, 2.24) is 9.88 Å². The highest BCUT2D eigenvalue weighted by Gasteiger charge is 2.35. The van der Waals surface area contributed by atoms with Gasteiger partial charge in [0.05, 0.1) is 11.6 Å². The standard InChI is InChI=1S/C17H21N3O2/c18-16(21)12-7-4-9-14-15(12)19-17(22-14)13-8-3-6-11-5-1-2-10-20(11)13/h4,7,9,11,13H,1-3,5-6,8,10H2,(H2,18,21). The molecule has 2 saturated heterocycles. The second kappa shape index (κ2) is 5.39. The van der Waals surface area contributed by atoms with Crippen LogP contribution in [0, 0.1) is 0 Å². The molecule has 0 saturated carbocycles. The zero-order chi connectivity index (χ0) is 15.1. The van der Waals surface area contributed by atoms with Crippen molar-refractivity contribution >= 4 is 17.0 Å². The van der Waals surface area contributed by atoms with E-state index >= 15 is 0 Å². The van der Waals surface area contributed by atoms with Gasteiger partial charge in [-0.15, -0.1) is 0 Å². The number of aromatic nitrogens is 1. The predicted octanol–water partition coefficient (Wildman–Crippen LogP) is 3.01. The fraction of sp³-hybridized carbons (Fsp3) is 0.529. The highest BCUT2D eigenvalue weighted by molar-refractivity contribution is 6.03. The minimum Gasteiger partial charge on any atom is -0.439 e. The number of fused-ring (bicyclic) bond motifs is 2. The molecule has 3 heterocycles. The van der Waals surface area contributed by atoms with Crippen LogP contribution < -0.4 is 5.73 Å². The molecule has 1 aromatic heterocycles. The average molecular weight is 299 g/mol. The summed E-state index contributed by atoms with van der Waals surface area (Å²) in [6.07, 6.45) is 7.43. The number of piperidine rings is 2. The normalized spacial score (nSPS) is 26.0. The van der Waals surface area contributed by atoms with Gasteiger partial charge in [-0.25, -0.2) is 4.98 Å². The first-order chi connectivity index (χ1) is 10.7. The summed E-state index contributed by atoms with van der Waals surface area (Å²) >= 11 is 0. The predicted molar refractivity (Wildman–Crippen MR) is 83.5 cm³/mol. The molecule has 1 aromatic carbocycles. The van der Waals surface area contributed by atoms with Gasteiger partial charge in [0.15, 0.2) is 5.58 Å². The third kappa shape index (κ3) is 2.20. The van der Waals surface area contributed by atoms with Crippen LogP contribution >= 0.6 is 0 Å². The monoisotopic (exact) mass is 299 g/mol. The Morgan fingerprint density at radius 2 is 2.09 bits per heavy atom. The van der Waals surface area contributed by atoms with Crippen LogP contribution in [0.3, 0.4) is 0 Å². The van der Waals surface area contributed by atoms with Gasteiger partial charge in [-0.05, 0) is 50.8 Å². The molecule has 2 unspecified atom stereocenters. The number of oxazole rings is 1. The number of hydrogen-bond acceptors (Lipinski definition) is 4. The molecule has 116 valence electrons. The maximum atomic E-state index is 11.6. The van der Waals surface area contributed by atoms with E-state index in [-0.39, 0.29) is 6.04 Å². The lowest BCUT2D eigenvalue weighted by Gasteiger charge is -2.43. The van der Waals surface area contributed by atoms with E-state index in [2.05, 4.69) is 9.88 Å². The van der Waals surface area contributed by atoms with Gasteiger partial charge < -0.3 is 10.2 Å². The summed E-state index contributed by atoms with van der Waals surface area (Å²) in [4.78, 5) is 18.8. The van der Waals surface area contributed by atoms with Crippen LogP contribution in [0.25, 0.3) is 11.1 Å². The van der Waals surface area contributed by atoms with E-state index in [4.69, 9.17) is 10.2 Å². The zero-order valence-corrected chi connectivity index (χ0v) is 12.6. The number of nitrogens with two attached hydrogens (primary N) is 1. The van der Waals surface area contributed by atoms with E-state index in [1.807, 2.05) is 6.07 Å². The molecule has 0 aliphatic carbocycles. The van der Waals surface area contributed by atoms with Crippen LogP contribution in [0.2, 0.25) is 0 Å². The van der Waals surface area contributed by atoms with Gasteiger partial charge in [0.25, 0.3) is 5.91 Å². The van der Waals surface area contributed by atoms with Crippen molar-refractivity contribution in [3.63, 3.8) is 0 Å². The molecule has 1 amide bonds. The Bertz CT molecular complexity index is 707. The van der Waals surface area contributed by atoms with Gasteiger partial charge in [0.1, 0.15) is 5.52 Å². The number of amides is 1. The van der Waals surface area contributed by atoms with Gasteiger partial charge in [-0.2, -0.15) is 0 Å². The third-order valence-electron chi connectivity index (χ3n) is 5.07. The quantitative estimate of drug-likeness (QED) is 0.925. The van der Waals surface area contributed by atoms with E-state index < -0.39 is 5.91 Å². The fourth-order valence-electron chi connectivity index (χ4n) is 4.03. The van der Waals surface area contributed by atoms with Crippen molar-refractivity contribution in [3.05, 3.63) is 29.7 Å². The van der Waals surface area contributed by atoms with Crippen LogP contribution in [-0.2, 0) is 0 Å².